The van der Waals surface area contributed by atoms with Crippen LogP contribution in [-0.4, -0.2) is 37.6 Å². The molecule has 0 fully saturated rings. The van der Waals surface area contributed by atoms with Crippen molar-refractivity contribution in [3.05, 3.63) is 70.3 Å². The van der Waals surface area contributed by atoms with Crippen molar-refractivity contribution < 1.29 is 14.6 Å². The Morgan fingerprint density at radius 3 is 2.77 bits per heavy atom. The molecule has 0 saturated carbocycles. The number of rotatable bonds is 6. The number of hydrogen-bond donors (Lipinski definition) is 3. The molecule has 0 bridgehead atoms. The molecule has 3 N–H and O–H groups in total. The van der Waals surface area contributed by atoms with Gasteiger partial charge in [0.1, 0.15) is 11.6 Å². The number of aromatic amines is 2. The Morgan fingerprint density at radius 2 is 2.00 bits per heavy atom. The number of carboxylic acid groups (broad SMARTS) is 1. The zero-order chi connectivity index (χ0) is 22.0. The molecule has 0 spiro atoms. The first-order valence-corrected chi connectivity index (χ1v) is 9.69. The van der Waals surface area contributed by atoms with E-state index >= 15 is 0 Å². The molecule has 31 heavy (non-hydrogen) atoms. The Bertz CT molecular complexity index is 1370. The zero-order valence-electron chi connectivity index (χ0n) is 17.0. The summed E-state index contributed by atoms with van der Waals surface area (Å²) in [5.74, 6) is -0.000638. The molecule has 2 aromatic heterocycles. The second kappa shape index (κ2) is 8.27. The van der Waals surface area contributed by atoms with Gasteiger partial charge in [0.05, 0.1) is 18.5 Å². The van der Waals surface area contributed by atoms with Gasteiger partial charge in [0.15, 0.2) is 11.2 Å². The number of nitrogens with one attached hydrogen (secondary N) is 2. The minimum atomic E-state index is -0.955. The summed E-state index contributed by atoms with van der Waals surface area (Å²) in [5, 5.41) is 9.11. The van der Waals surface area contributed by atoms with Gasteiger partial charge in [0.25, 0.3) is 5.56 Å². The van der Waals surface area contributed by atoms with Gasteiger partial charge in [-0.3, -0.25) is 4.79 Å². The molecule has 0 aliphatic carbocycles. The average molecular weight is 416 g/mol. The molecular formula is C23H20N4O4. The Hall–Kier alpha value is -4.20. The maximum atomic E-state index is 12.3. The second-order valence-corrected chi connectivity index (χ2v) is 6.92. The summed E-state index contributed by atoms with van der Waals surface area (Å²) in [6, 6.07) is 13.2. The van der Waals surface area contributed by atoms with E-state index in [-0.39, 0.29) is 16.6 Å². The number of fused-ring (bicyclic) bond motifs is 1. The van der Waals surface area contributed by atoms with Crippen LogP contribution < -0.4 is 10.3 Å². The first-order valence-electron chi connectivity index (χ1n) is 9.69. The molecule has 0 amide bonds. The molecule has 0 aliphatic heterocycles. The van der Waals surface area contributed by atoms with E-state index in [2.05, 4.69) is 19.9 Å². The predicted octanol–water partition coefficient (Wildman–Crippen LogP) is 3.87. The number of aliphatic carboxylic acids is 1. The van der Waals surface area contributed by atoms with Crippen LogP contribution in [-0.2, 0) is 4.79 Å². The van der Waals surface area contributed by atoms with Crippen molar-refractivity contribution in [2.24, 2.45) is 0 Å². The summed E-state index contributed by atoms with van der Waals surface area (Å²) in [5.41, 5.74) is 3.81. The lowest BCUT2D eigenvalue weighted by atomic mass is 10.00. The van der Waals surface area contributed by atoms with E-state index in [9.17, 15) is 9.59 Å². The highest BCUT2D eigenvalue weighted by atomic mass is 16.5. The summed E-state index contributed by atoms with van der Waals surface area (Å²) in [6.07, 6.45) is 3.05. The lowest BCUT2D eigenvalue weighted by Crippen LogP contribution is -2.10. The van der Waals surface area contributed by atoms with Crippen LogP contribution in [0.5, 0.6) is 5.75 Å². The van der Waals surface area contributed by atoms with Crippen molar-refractivity contribution in [2.45, 2.75) is 13.8 Å². The lowest BCUT2D eigenvalue weighted by molar-refractivity contribution is -0.132. The van der Waals surface area contributed by atoms with Crippen LogP contribution in [0.25, 0.3) is 39.8 Å². The number of benzene rings is 2. The molecule has 4 aromatic rings. The normalized spacial score (nSPS) is 11.6. The van der Waals surface area contributed by atoms with Crippen LogP contribution in [0.1, 0.15) is 19.4 Å². The standard InChI is InChI=1S/C23H20N4O4/c1-3-31-18-11-16(15-6-4-5-14(10-15)9-13(2)23(29)30)7-8-17(18)20-26-21-19(22(28)27-20)24-12-25-21/h4-12H,3H2,1-2H3,(H,29,30)(H2,24,25,26,27,28)/b13-9-. The van der Waals surface area contributed by atoms with Gasteiger partial charge in [-0.05, 0) is 54.8 Å². The number of carboxylic acids is 1. The van der Waals surface area contributed by atoms with Crippen LogP contribution in [0, 0.1) is 0 Å². The molecule has 2 heterocycles. The quantitative estimate of drug-likeness (QED) is 0.410. The van der Waals surface area contributed by atoms with Gasteiger partial charge < -0.3 is 19.8 Å². The molecule has 0 atom stereocenters. The molecular weight excluding hydrogens is 396 g/mol. The van der Waals surface area contributed by atoms with Gasteiger partial charge in [0, 0.05) is 5.57 Å². The number of carbonyl (C=O) groups is 1. The van der Waals surface area contributed by atoms with E-state index < -0.39 is 5.97 Å². The average Bonchev–Trinajstić information content (AvgIpc) is 3.23. The summed E-state index contributed by atoms with van der Waals surface area (Å²) >= 11 is 0. The number of hydrogen-bond acceptors (Lipinski definition) is 5. The molecule has 8 heteroatoms. The summed E-state index contributed by atoms with van der Waals surface area (Å²) in [6.45, 7) is 3.87. The van der Waals surface area contributed by atoms with Crippen molar-refractivity contribution in [1.82, 2.24) is 19.9 Å². The fraction of sp³-hybridized carbons (Fsp3) is 0.130. The van der Waals surface area contributed by atoms with Crippen LogP contribution in [0.4, 0.5) is 0 Å². The van der Waals surface area contributed by atoms with Gasteiger partial charge in [0.2, 0.25) is 0 Å². The molecule has 0 saturated heterocycles. The number of ether oxygens (including phenoxy) is 1. The van der Waals surface area contributed by atoms with Crippen molar-refractivity contribution in [1.29, 1.82) is 0 Å². The lowest BCUT2D eigenvalue weighted by Gasteiger charge is -2.12. The minimum absolute atomic E-state index is 0.250. The first kappa shape index (κ1) is 20.1. The predicted molar refractivity (Wildman–Crippen MR) is 118 cm³/mol. The third-order valence-electron chi connectivity index (χ3n) is 4.77. The highest BCUT2D eigenvalue weighted by Crippen LogP contribution is 2.33. The second-order valence-electron chi connectivity index (χ2n) is 6.92. The van der Waals surface area contributed by atoms with E-state index in [1.807, 2.05) is 49.4 Å². The van der Waals surface area contributed by atoms with E-state index in [0.717, 1.165) is 16.7 Å². The Morgan fingerprint density at radius 1 is 1.19 bits per heavy atom. The summed E-state index contributed by atoms with van der Waals surface area (Å²) in [7, 11) is 0. The van der Waals surface area contributed by atoms with E-state index in [1.165, 1.54) is 6.33 Å². The zero-order valence-corrected chi connectivity index (χ0v) is 17.0. The van der Waals surface area contributed by atoms with Crippen LogP contribution in [0.3, 0.4) is 0 Å². The Labute approximate surface area is 177 Å². The maximum absolute atomic E-state index is 12.3. The van der Waals surface area contributed by atoms with Crippen molar-refractivity contribution >= 4 is 23.2 Å². The first-order chi connectivity index (χ1) is 15.0. The summed E-state index contributed by atoms with van der Waals surface area (Å²) < 4.78 is 5.84. The topological polar surface area (TPSA) is 121 Å². The van der Waals surface area contributed by atoms with Gasteiger partial charge in [-0.25, -0.2) is 14.8 Å². The fourth-order valence-corrected chi connectivity index (χ4v) is 3.27. The maximum Gasteiger partial charge on any atom is 0.331 e. The smallest absolute Gasteiger partial charge is 0.331 e. The third kappa shape index (κ3) is 4.09. The van der Waals surface area contributed by atoms with E-state index in [1.54, 1.807) is 13.0 Å². The summed E-state index contributed by atoms with van der Waals surface area (Å²) in [4.78, 5) is 37.5. The third-order valence-corrected chi connectivity index (χ3v) is 4.77. The Kier molecular flexibility index (Phi) is 5.36. The minimum Gasteiger partial charge on any atom is -0.493 e. The SMILES string of the molecule is CCOc1cc(-c2cccc(/C=C(/C)C(=O)O)c2)ccc1-c1nc2[nH]cnc2c(=O)[nH]1. The number of imidazole rings is 1. The van der Waals surface area contributed by atoms with Crippen LogP contribution in [0.15, 0.2) is 59.2 Å². The fourth-order valence-electron chi connectivity index (χ4n) is 3.27. The van der Waals surface area contributed by atoms with Gasteiger partial charge in [-0.2, -0.15) is 0 Å². The van der Waals surface area contributed by atoms with Crippen LogP contribution >= 0.6 is 0 Å². The largest absolute Gasteiger partial charge is 0.493 e. The molecule has 156 valence electrons. The van der Waals surface area contributed by atoms with E-state index in [4.69, 9.17) is 9.84 Å². The molecule has 2 aromatic carbocycles. The highest BCUT2D eigenvalue weighted by Gasteiger charge is 2.14. The number of aromatic nitrogens is 4. The number of H-pyrrole nitrogens is 2. The Balaban J connectivity index is 1.78. The van der Waals surface area contributed by atoms with Gasteiger partial charge >= 0.3 is 5.97 Å². The molecule has 4 rings (SSSR count). The van der Waals surface area contributed by atoms with Gasteiger partial charge in [-0.15, -0.1) is 0 Å². The highest BCUT2D eigenvalue weighted by molar-refractivity contribution is 5.91. The van der Waals surface area contributed by atoms with Crippen LogP contribution in [0.2, 0.25) is 0 Å². The molecule has 0 radical (unpaired) electrons. The molecule has 0 unspecified atom stereocenters. The number of nitrogens with zero attached hydrogens (tertiary/aromatic N) is 2. The van der Waals surface area contributed by atoms with Crippen molar-refractivity contribution in [3.63, 3.8) is 0 Å². The van der Waals surface area contributed by atoms with Gasteiger partial charge in [-0.1, -0.05) is 24.3 Å². The van der Waals surface area contributed by atoms with Crippen molar-refractivity contribution in [2.75, 3.05) is 6.61 Å². The molecule has 0 aliphatic rings. The van der Waals surface area contributed by atoms with E-state index in [0.29, 0.717) is 29.4 Å². The monoisotopic (exact) mass is 416 g/mol. The molecule has 8 nitrogen and oxygen atoms in total. The van der Waals surface area contributed by atoms with Crippen molar-refractivity contribution in [3.8, 4) is 28.3 Å².